The SMILES string of the molecule is CC(=O)C(Cc1ccc(O)cc1)C(=O)OC(N)=O. The number of primary amides is 1. The van der Waals surface area contributed by atoms with E-state index in [0.717, 1.165) is 0 Å². The van der Waals surface area contributed by atoms with E-state index in [1.165, 1.54) is 19.1 Å². The fraction of sp³-hybridized carbons (Fsp3) is 0.250. The van der Waals surface area contributed by atoms with Gasteiger partial charge in [-0.05, 0) is 31.0 Å². The Morgan fingerprint density at radius 1 is 1.28 bits per heavy atom. The summed E-state index contributed by atoms with van der Waals surface area (Å²) < 4.78 is 4.20. The van der Waals surface area contributed by atoms with Gasteiger partial charge in [0, 0.05) is 0 Å². The lowest BCUT2D eigenvalue weighted by Crippen LogP contribution is -2.30. The molecule has 1 amide bonds. The van der Waals surface area contributed by atoms with Gasteiger partial charge in [0.2, 0.25) is 0 Å². The molecule has 1 aromatic carbocycles. The summed E-state index contributed by atoms with van der Waals surface area (Å²) in [5.41, 5.74) is 5.38. The van der Waals surface area contributed by atoms with Crippen LogP contribution in [0.1, 0.15) is 12.5 Å². The van der Waals surface area contributed by atoms with E-state index in [1.807, 2.05) is 0 Å². The third-order valence-corrected chi connectivity index (χ3v) is 2.35. The molecule has 96 valence electrons. The first-order valence-electron chi connectivity index (χ1n) is 5.19. The molecule has 0 saturated heterocycles. The fourth-order valence-electron chi connectivity index (χ4n) is 1.43. The standard InChI is InChI=1S/C12H13NO5/c1-7(14)10(11(16)18-12(13)17)6-8-2-4-9(15)5-3-8/h2-5,10,15H,6H2,1H3,(H2,13,17). The molecular formula is C12H13NO5. The van der Waals surface area contributed by atoms with Crippen molar-refractivity contribution in [3.05, 3.63) is 29.8 Å². The number of ether oxygens (including phenoxy) is 1. The molecule has 1 aromatic rings. The van der Waals surface area contributed by atoms with Crippen molar-refractivity contribution in [3.63, 3.8) is 0 Å². The van der Waals surface area contributed by atoms with Gasteiger partial charge >= 0.3 is 12.1 Å². The minimum Gasteiger partial charge on any atom is -0.508 e. The van der Waals surface area contributed by atoms with Gasteiger partial charge in [0.25, 0.3) is 0 Å². The van der Waals surface area contributed by atoms with Crippen LogP contribution in [0.25, 0.3) is 0 Å². The Morgan fingerprint density at radius 3 is 2.28 bits per heavy atom. The van der Waals surface area contributed by atoms with Crippen LogP contribution in [-0.4, -0.2) is 23.0 Å². The molecular weight excluding hydrogens is 238 g/mol. The number of carbonyl (C=O) groups excluding carboxylic acids is 3. The van der Waals surface area contributed by atoms with Crippen LogP contribution in [0.2, 0.25) is 0 Å². The summed E-state index contributed by atoms with van der Waals surface area (Å²) in [4.78, 5) is 33.3. The Bertz CT molecular complexity index is 466. The number of carbonyl (C=O) groups is 3. The molecule has 0 heterocycles. The first kappa shape index (κ1) is 13.7. The van der Waals surface area contributed by atoms with Crippen molar-refractivity contribution < 1.29 is 24.2 Å². The topological polar surface area (TPSA) is 107 Å². The second kappa shape index (κ2) is 5.81. The Hall–Kier alpha value is -2.37. The van der Waals surface area contributed by atoms with Gasteiger partial charge in [0.05, 0.1) is 0 Å². The number of amides is 1. The number of phenols is 1. The van der Waals surface area contributed by atoms with Crippen LogP contribution in [0.4, 0.5) is 4.79 Å². The first-order chi connectivity index (χ1) is 8.40. The maximum absolute atomic E-state index is 11.5. The molecule has 3 N–H and O–H groups in total. The molecule has 6 heteroatoms. The molecule has 0 aromatic heterocycles. The van der Waals surface area contributed by atoms with Gasteiger partial charge in [0.15, 0.2) is 0 Å². The summed E-state index contributed by atoms with van der Waals surface area (Å²) in [5.74, 6) is -2.39. The van der Waals surface area contributed by atoms with E-state index in [1.54, 1.807) is 12.1 Å². The number of rotatable bonds is 4. The van der Waals surface area contributed by atoms with Crippen LogP contribution in [0.3, 0.4) is 0 Å². The minimum atomic E-state index is -1.24. The third kappa shape index (κ3) is 3.89. The van der Waals surface area contributed by atoms with Crippen LogP contribution in [0, 0.1) is 5.92 Å². The average molecular weight is 251 g/mol. The van der Waals surface area contributed by atoms with Gasteiger partial charge in [-0.1, -0.05) is 12.1 Å². The quantitative estimate of drug-likeness (QED) is 0.607. The zero-order chi connectivity index (χ0) is 13.7. The predicted molar refractivity (Wildman–Crippen MR) is 61.7 cm³/mol. The zero-order valence-electron chi connectivity index (χ0n) is 9.75. The van der Waals surface area contributed by atoms with E-state index in [0.29, 0.717) is 5.56 Å². The van der Waals surface area contributed by atoms with Crippen LogP contribution in [-0.2, 0) is 20.7 Å². The Labute approximate surface area is 103 Å². The summed E-state index contributed by atoms with van der Waals surface area (Å²) in [5, 5.41) is 9.11. The second-order valence-electron chi connectivity index (χ2n) is 3.77. The molecule has 0 aliphatic rings. The maximum Gasteiger partial charge on any atom is 0.412 e. The molecule has 0 saturated carbocycles. The first-order valence-corrected chi connectivity index (χ1v) is 5.19. The van der Waals surface area contributed by atoms with Crippen molar-refractivity contribution in [1.82, 2.24) is 0 Å². The van der Waals surface area contributed by atoms with Crippen molar-refractivity contribution in [2.24, 2.45) is 11.7 Å². The number of hydrogen-bond donors (Lipinski definition) is 2. The van der Waals surface area contributed by atoms with Crippen LogP contribution >= 0.6 is 0 Å². The zero-order valence-corrected chi connectivity index (χ0v) is 9.75. The molecule has 1 unspecified atom stereocenters. The average Bonchev–Trinajstić information content (AvgIpc) is 2.26. The van der Waals surface area contributed by atoms with Gasteiger partial charge in [-0.15, -0.1) is 0 Å². The number of hydrogen-bond acceptors (Lipinski definition) is 5. The minimum absolute atomic E-state index is 0.0813. The molecule has 0 aliphatic carbocycles. The number of nitrogens with two attached hydrogens (primary N) is 1. The Kier molecular flexibility index (Phi) is 4.42. The Morgan fingerprint density at radius 2 is 1.83 bits per heavy atom. The molecule has 0 radical (unpaired) electrons. The summed E-state index contributed by atoms with van der Waals surface area (Å²) in [7, 11) is 0. The van der Waals surface area contributed by atoms with Gasteiger partial charge in [-0.2, -0.15) is 0 Å². The van der Waals surface area contributed by atoms with E-state index < -0.39 is 23.8 Å². The molecule has 1 rings (SSSR count). The monoisotopic (exact) mass is 251 g/mol. The van der Waals surface area contributed by atoms with Crippen molar-refractivity contribution in [2.45, 2.75) is 13.3 Å². The van der Waals surface area contributed by atoms with E-state index in [4.69, 9.17) is 10.8 Å². The number of Topliss-reactive ketones (excluding diaryl/α,β-unsaturated/α-hetero) is 1. The van der Waals surface area contributed by atoms with Crippen molar-refractivity contribution in [2.75, 3.05) is 0 Å². The lowest BCUT2D eigenvalue weighted by molar-refractivity contribution is -0.145. The molecule has 1 atom stereocenters. The largest absolute Gasteiger partial charge is 0.508 e. The summed E-state index contributed by atoms with van der Waals surface area (Å²) in [6, 6.07) is 6.02. The van der Waals surface area contributed by atoms with Gasteiger partial charge < -0.3 is 15.6 Å². The van der Waals surface area contributed by atoms with Crippen LogP contribution in [0.15, 0.2) is 24.3 Å². The number of benzene rings is 1. The van der Waals surface area contributed by atoms with Crippen molar-refractivity contribution >= 4 is 17.8 Å². The van der Waals surface area contributed by atoms with Gasteiger partial charge in [0.1, 0.15) is 17.5 Å². The highest BCUT2D eigenvalue weighted by Crippen LogP contribution is 2.15. The number of ketones is 1. The predicted octanol–water partition coefficient (Wildman–Crippen LogP) is 0.762. The smallest absolute Gasteiger partial charge is 0.412 e. The highest BCUT2D eigenvalue weighted by Gasteiger charge is 2.26. The number of aromatic hydroxyl groups is 1. The fourth-order valence-corrected chi connectivity index (χ4v) is 1.43. The maximum atomic E-state index is 11.5. The number of phenolic OH excluding ortho intramolecular Hbond substituents is 1. The van der Waals surface area contributed by atoms with Crippen LogP contribution in [0.5, 0.6) is 5.75 Å². The molecule has 6 nitrogen and oxygen atoms in total. The van der Waals surface area contributed by atoms with Crippen molar-refractivity contribution in [3.8, 4) is 5.75 Å². The van der Waals surface area contributed by atoms with E-state index in [-0.39, 0.29) is 12.2 Å². The molecule has 0 bridgehead atoms. The normalized spacial score (nSPS) is 11.6. The third-order valence-electron chi connectivity index (χ3n) is 2.35. The van der Waals surface area contributed by atoms with Crippen molar-refractivity contribution in [1.29, 1.82) is 0 Å². The summed E-state index contributed by atoms with van der Waals surface area (Å²) >= 11 is 0. The van der Waals surface area contributed by atoms with Gasteiger partial charge in [-0.3, -0.25) is 9.59 Å². The highest BCUT2D eigenvalue weighted by molar-refractivity contribution is 6.01. The van der Waals surface area contributed by atoms with Gasteiger partial charge in [-0.25, -0.2) is 4.79 Å². The van der Waals surface area contributed by atoms with E-state index in [9.17, 15) is 14.4 Å². The Balaban J connectivity index is 2.80. The lowest BCUT2D eigenvalue weighted by atomic mass is 9.96. The summed E-state index contributed by atoms with van der Waals surface area (Å²) in [6.07, 6.45) is -1.15. The summed E-state index contributed by atoms with van der Waals surface area (Å²) in [6.45, 7) is 1.23. The van der Waals surface area contributed by atoms with Crippen LogP contribution < -0.4 is 5.73 Å². The molecule has 0 aliphatic heterocycles. The van der Waals surface area contributed by atoms with E-state index in [2.05, 4.69) is 4.74 Å². The lowest BCUT2D eigenvalue weighted by Gasteiger charge is -2.11. The highest BCUT2D eigenvalue weighted by atomic mass is 16.6. The van der Waals surface area contributed by atoms with E-state index >= 15 is 0 Å². The number of esters is 1. The second-order valence-corrected chi connectivity index (χ2v) is 3.77. The molecule has 0 spiro atoms. The molecule has 0 fully saturated rings. The molecule has 18 heavy (non-hydrogen) atoms.